The van der Waals surface area contributed by atoms with Crippen molar-refractivity contribution in [2.24, 2.45) is 11.8 Å². The van der Waals surface area contributed by atoms with Gasteiger partial charge in [0.2, 0.25) is 0 Å². The summed E-state index contributed by atoms with van der Waals surface area (Å²) in [5, 5.41) is 21.7. The van der Waals surface area contributed by atoms with Crippen molar-refractivity contribution in [2.75, 3.05) is 19.0 Å². The van der Waals surface area contributed by atoms with Crippen molar-refractivity contribution in [1.29, 1.82) is 5.26 Å². The van der Waals surface area contributed by atoms with E-state index in [2.05, 4.69) is 66.2 Å². The molecule has 1 heterocycles. The zero-order chi connectivity index (χ0) is 25.8. The molecule has 3 unspecified atom stereocenters. The zero-order valence-electron chi connectivity index (χ0n) is 22.9. The van der Waals surface area contributed by atoms with Gasteiger partial charge in [-0.25, -0.2) is 0 Å². The molecule has 0 spiro atoms. The predicted molar refractivity (Wildman–Crippen MR) is 151 cm³/mol. The van der Waals surface area contributed by atoms with E-state index in [4.69, 9.17) is 4.74 Å². The second-order valence-electron chi connectivity index (χ2n) is 11.7. The van der Waals surface area contributed by atoms with Crippen molar-refractivity contribution in [2.45, 2.75) is 95.8 Å². The molecule has 3 aliphatic rings. The molecule has 198 valence electrons. The maximum absolute atomic E-state index is 10.2. The van der Waals surface area contributed by atoms with Crippen LogP contribution in [0.3, 0.4) is 0 Å². The largest absolute Gasteiger partial charge is 0.497 e. The lowest BCUT2D eigenvalue weighted by molar-refractivity contribution is 0.120. The summed E-state index contributed by atoms with van der Waals surface area (Å²) in [5.41, 5.74) is 5.63. The van der Waals surface area contributed by atoms with Crippen LogP contribution in [0.25, 0.3) is 0 Å². The molecule has 0 saturated heterocycles. The Balaban J connectivity index is 1.42. The maximum Gasteiger partial charge on any atom is 0.119 e. The molecule has 1 aliphatic heterocycles. The second kappa shape index (κ2) is 11.5. The Morgan fingerprint density at radius 1 is 1.16 bits per heavy atom. The van der Waals surface area contributed by atoms with Crippen LogP contribution < -0.4 is 20.7 Å². The number of unbranched alkanes of at least 4 members (excludes halogenated alkanes) is 1. The number of nitrogens with zero attached hydrogens (tertiary/aromatic N) is 1. The number of benzene rings is 2. The Bertz CT molecular complexity index is 1120. The summed E-state index contributed by atoms with van der Waals surface area (Å²) in [6.45, 7) is 5.55. The molecule has 2 aliphatic carbocycles. The van der Waals surface area contributed by atoms with Gasteiger partial charge in [0.1, 0.15) is 11.8 Å². The third kappa shape index (κ3) is 5.66. The minimum Gasteiger partial charge on any atom is -0.497 e. The third-order valence-corrected chi connectivity index (χ3v) is 9.14. The van der Waals surface area contributed by atoms with Crippen LogP contribution in [0.2, 0.25) is 0 Å². The highest BCUT2D eigenvalue weighted by Gasteiger charge is 2.42. The lowest BCUT2D eigenvalue weighted by Gasteiger charge is -2.49. The lowest BCUT2D eigenvalue weighted by atomic mass is 9.63. The van der Waals surface area contributed by atoms with Crippen molar-refractivity contribution in [1.82, 2.24) is 10.6 Å². The van der Waals surface area contributed by atoms with E-state index in [1.807, 2.05) is 6.07 Å². The van der Waals surface area contributed by atoms with Gasteiger partial charge in [0, 0.05) is 12.0 Å². The Morgan fingerprint density at radius 3 is 2.84 bits per heavy atom. The van der Waals surface area contributed by atoms with Gasteiger partial charge in [0.25, 0.3) is 0 Å². The highest BCUT2D eigenvalue weighted by atomic mass is 16.5. The topological polar surface area (TPSA) is 69.1 Å². The van der Waals surface area contributed by atoms with Crippen LogP contribution >= 0.6 is 0 Å². The average Bonchev–Trinajstić information content (AvgIpc) is 2.92. The number of hydrogen-bond donors (Lipinski definition) is 3. The summed E-state index contributed by atoms with van der Waals surface area (Å²) in [6.07, 6.45) is 12.5. The fourth-order valence-electron chi connectivity index (χ4n) is 7.28. The Kier molecular flexibility index (Phi) is 8.07. The Hall–Kier alpha value is -2.55. The van der Waals surface area contributed by atoms with Crippen LogP contribution in [0.5, 0.6) is 5.75 Å². The van der Waals surface area contributed by atoms with Gasteiger partial charge >= 0.3 is 0 Å². The maximum atomic E-state index is 10.2. The Morgan fingerprint density at radius 2 is 2.05 bits per heavy atom. The first-order chi connectivity index (χ1) is 18.1. The fourth-order valence-corrected chi connectivity index (χ4v) is 7.28. The number of rotatable bonds is 9. The quantitative estimate of drug-likeness (QED) is 0.335. The summed E-state index contributed by atoms with van der Waals surface area (Å²) in [4.78, 5) is 0. The number of nitrogens with one attached hydrogen (secondary N) is 3. The normalized spacial score (nSPS) is 28.7. The van der Waals surface area contributed by atoms with Crippen molar-refractivity contribution in [3.05, 3.63) is 58.7 Å². The molecule has 0 aromatic heterocycles. The van der Waals surface area contributed by atoms with E-state index >= 15 is 0 Å². The molecular weight excluding hydrogens is 456 g/mol. The van der Waals surface area contributed by atoms with Gasteiger partial charge in [0.15, 0.2) is 0 Å². The van der Waals surface area contributed by atoms with E-state index < -0.39 is 0 Å². The van der Waals surface area contributed by atoms with Gasteiger partial charge in [-0.2, -0.15) is 5.26 Å². The van der Waals surface area contributed by atoms with E-state index in [-0.39, 0.29) is 17.7 Å². The number of anilines is 1. The van der Waals surface area contributed by atoms with E-state index in [0.717, 1.165) is 53.8 Å². The molecule has 5 atom stereocenters. The first kappa shape index (κ1) is 26.1. The molecule has 5 rings (SSSR count). The smallest absolute Gasteiger partial charge is 0.119 e. The molecule has 2 saturated carbocycles. The minimum absolute atomic E-state index is 0.0336. The number of ether oxygens (including phenoxy) is 1. The molecule has 0 amide bonds. The number of hydrogen-bond acceptors (Lipinski definition) is 5. The number of nitriles is 1. The molecule has 37 heavy (non-hydrogen) atoms. The molecule has 5 nitrogen and oxygen atoms in total. The molecule has 3 N–H and O–H groups in total. The monoisotopic (exact) mass is 500 g/mol. The van der Waals surface area contributed by atoms with E-state index in [0.29, 0.717) is 0 Å². The summed E-state index contributed by atoms with van der Waals surface area (Å²) < 4.78 is 5.54. The first-order valence-corrected chi connectivity index (χ1v) is 14.5. The van der Waals surface area contributed by atoms with Crippen molar-refractivity contribution in [3.63, 3.8) is 0 Å². The van der Waals surface area contributed by atoms with Crippen LogP contribution in [-0.2, 0) is 6.42 Å². The van der Waals surface area contributed by atoms with E-state index in [1.165, 1.54) is 62.5 Å². The second-order valence-corrected chi connectivity index (χ2v) is 11.7. The predicted octanol–water partition coefficient (Wildman–Crippen LogP) is 6.68. The van der Waals surface area contributed by atoms with Crippen molar-refractivity contribution < 1.29 is 4.74 Å². The van der Waals surface area contributed by atoms with Crippen molar-refractivity contribution in [3.8, 4) is 11.8 Å². The van der Waals surface area contributed by atoms with E-state index in [9.17, 15) is 5.26 Å². The van der Waals surface area contributed by atoms with Crippen molar-refractivity contribution >= 4 is 5.69 Å². The van der Waals surface area contributed by atoms with Gasteiger partial charge in [-0.05, 0) is 91.4 Å². The van der Waals surface area contributed by atoms with Gasteiger partial charge in [-0.1, -0.05) is 51.7 Å². The highest BCUT2D eigenvalue weighted by Crippen LogP contribution is 2.48. The average molecular weight is 501 g/mol. The fraction of sp³-hybridized carbons (Fsp3) is 0.594. The summed E-state index contributed by atoms with van der Waals surface area (Å²) in [6, 6.07) is 15.5. The zero-order valence-corrected chi connectivity index (χ0v) is 22.9. The highest BCUT2D eigenvalue weighted by molar-refractivity contribution is 5.61. The number of fused-ring (bicyclic) bond motifs is 3. The molecule has 2 fully saturated rings. The molecule has 2 bridgehead atoms. The lowest BCUT2D eigenvalue weighted by Crippen LogP contribution is -2.49. The minimum atomic E-state index is 0.0336. The molecule has 0 radical (unpaired) electrons. The van der Waals surface area contributed by atoms with Gasteiger partial charge in [-0.15, -0.1) is 0 Å². The van der Waals surface area contributed by atoms with Crippen LogP contribution in [0.15, 0.2) is 36.4 Å². The van der Waals surface area contributed by atoms with Crippen LogP contribution in [0.4, 0.5) is 5.69 Å². The third-order valence-electron chi connectivity index (χ3n) is 9.14. The van der Waals surface area contributed by atoms with Gasteiger partial charge in [0.05, 0.1) is 30.6 Å². The van der Waals surface area contributed by atoms with Crippen LogP contribution in [0, 0.1) is 23.2 Å². The van der Waals surface area contributed by atoms with Gasteiger partial charge < -0.3 is 15.4 Å². The van der Waals surface area contributed by atoms with Crippen LogP contribution in [0.1, 0.15) is 99.9 Å². The standard InChI is InChI=1S/C32H44N4O/c1-4-6-14-34-30-18-25-17-27(37-3)10-11-28(25)31(35-30)24-9-12-29(26(16-24)21-33)36-32-13-7-8-23(20-32)15-22(5-2)19-32/h9-12,16-17,22-23,30-31,34-36H,4-8,13-15,18-20H2,1-3H3/t22?,23?,30-,31-,32?/m1/s1. The summed E-state index contributed by atoms with van der Waals surface area (Å²) in [5.74, 6) is 2.53. The molecule has 2 aromatic rings. The summed E-state index contributed by atoms with van der Waals surface area (Å²) in [7, 11) is 1.73. The van der Waals surface area contributed by atoms with E-state index in [1.54, 1.807) is 7.11 Å². The Labute approximate surface area is 223 Å². The summed E-state index contributed by atoms with van der Waals surface area (Å²) >= 11 is 0. The molecule has 2 aromatic carbocycles. The van der Waals surface area contributed by atoms with Crippen LogP contribution in [-0.4, -0.2) is 25.4 Å². The van der Waals surface area contributed by atoms with Gasteiger partial charge in [-0.3, -0.25) is 5.32 Å². The number of methoxy groups -OCH3 is 1. The molecule has 5 heteroatoms. The SMILES string of the molecule is CCCCN[C@H]1Cc2cc(OC)ccc2[C@@H](c2ccc(NC34CCCC(CC(CC)C3)C4)c(C#N)c2)N1. The molecular formula is C32H44N4O. The first-order valence-electron chi connectivity index (χ1n) is 14.5.